The van der Waals surface area contributed by atoms with Gasteiger partial charge in [0.25, 0.3) is 0 Å². The van der Waals surface area contributed by atoms with Gasteiger partial charge in [0.1, 0.15) is 6.61 Å². The second-order valence-corrected chi connectivity index (χ2v) is 7.40. The SMILES string of the molecule is O=C(COCC1CCCC1)NC1CCOC2(C1)CC(C(=O)O)C2. The molecule has 1 aliphatic heterocycles. The van der Waals surface area contributed by atoms with Crippen molar-refractivity contribution in [1.82, 2.24) is 5.32 Å². The predicted molar refractivity (Wildman–Crippen MR) is 83.0 cm³/mol. The van der Waals surface area contributed by atoms with Crippen LogP contribution in [-0.2, 0) is 19.1 Å². The van der Waals surface area contributed by atoms with E-state index in [-0.39, 0.29) is 30.1 Å². The fraction of sp³-hybridized carbons (Fsp3) is 0.882. The van der Waals surface area contributed by atoms with Gasteiger partial charge in [0.2, 0.25) is 5.91 Å². The molecule has 0 aromatic carbocycles. The second-order valence-electron chi connectivity index (χ2n) is 7.40. The minimum Gasteiger partial charge on any atom is -0.481 e. The molecule has 0 aromatic heterocycles. The Hall–Kier alpha value is -1.14. The molecule has 2 N–H and O–H groups in total. The molecule has 1 spiro atoms. The quantitative estimate of drug-likeness (QED) is 0.777. The zero-order valence-electron chi connectivity index (χ0n) is 13.6. The molecular weight excluding hydrogens is 298 g/mol. The molecule has 3 aliphatic rings. The van der Waals surface area contributed by atoms with Gasteiger partial charge in [0, 0.05) is 12.6 Å². The highest BCUT2D eigenvalue weighted by atomic mass is 16.5. The van der Waals surface area contributed by atoms with Crippen LogP contribution >= 0.6 is 0 Å². The van der Waals surface area contributed by atoms with Crippen LogP contribution in [0.1, 0.15) is 51.4 Å². The summed E-state index contributed by atoms with van der Waals surface area (Å²) < 4.78 is 11.3. The van der Waals surface area contributed by atoms with Crippen LogP contribution in [0.4, 0.5) is 0 Å². The van der Waals surface area contributed by atoms with Crippen LogP contribution < -0.4 is 5.32 Å². The van der Waals surface area contributed by atoms with Gasteiger partial charge in [-0.25, -0.2) is 0 Å². The molecule has 3 rings (SSSR count). The van der Waals surface area contributed by atoms with E-state index in [9.17, 15) is 9.59 Å². The molecule has 3 fully saturated rings. The van der Waals surface area contributed by atoms with Crippen molar-refractivity contribution in [3.05, 3.63) is 0 Å². The van der Waals surface area contributed by atoms with Crippen molar-refractivity contribution in [2.45, 2.75) is 63.0 Å². The highest BCUT2D eigenvalue weighted by Crippen LogP contribution is 2.46. The van der Waals surface area contributed by atoms with Gasteiger partial charge in [-0.05, 0) is 44.4 Å². The molecule has 6 heteroatoms. The molecule has 23 heavy (non-hydrogen) atoms. The Morgan fingerprint density at radius 1 is 1.17 bits per heavy atom. The van der Waals surface area contributed by atoms with E-state index < -0.39 is 5.97 Å². The van der Waals surface area contributed by atoms with Crippen molar-refractivity contribution in [3.63, 3.8) is 0 Å². The molecule has 0 aromatic rings. The lowest BCUT2D eigenvalue weighted by molar-refractivity contribution is -0.182. The van der Waals surface area contributed by atoms with E-state index in [1.54, 1.807) is 0 Å². The summed E-state index contributed by atoms with van der Waals surface area (Å²) in [4.78, 5) is 23.0. The molecule has 1 atom stereocenters. The van der Waals surface area contributed by atoms with E-state index in [4.69, 9.17) is 14.6 Å². The van der Waals surface area contributed by atoms with E-state index in [2.05, 4.69) is 5.32 Å². The largest absolute Gasteiger partial charge is 0.481 e. The number of nitrogens with one attached hydrogen (secondary N) is 1. The van der Waals surface area contributed by atoms with Gasteiger partial charge in [-0.1, -0.05) is 12.8 Å². The zero-order chi connectivity index (χ0) is 16.3. The maximum absolute atomic E-state index is 12.0. The third kappa shape index (κ3) is 4.23. The number of carboxylic acids is 1. The average molecular weight is 325 g/mol. The third-order valence-electron chi connectivity index (χ3n) is 5.51. The van der Waals surface area contributed by atoms with Crippen LogP contribution in [0.5, 0.6) is 0 Å². The number of aliphatic carboxylic acids is 1. The van der Waals surface area contributed by atoms with Crippen molar-refractivity contribution >= 4 is 11.9 Å². The number of ether oxygens (including phenoxy) is 2. The summed E-state index contributed by atoms with van der Waals surface area (Å²) in [6.45, 7) is 1.39. The standard InChI is InChI=1S/C17H27NO5/c19-15(11-22-10-12-3-1-2-4-12)18-14-5-6-23-17(9-14)7-13(8-17)16(20)21/h12-14H,1-11H2,(H,18,19)(H,20,21). The first-order chi connectivity index (χ1) is 11.1. The third-order valence-corrected chi connectivity index (χ3v) is 5.51. The lowest BCUT2D eigenvalue weighted by Crippen LogP contribution is -2.56. The van der Waals surface area contributed by atoms with Crippen molar-refractivity contribution in [1.29, 1.82) is 0 Å². The normalized spacial score (nSPS) is 34.3. The van der Waals surface area contributed by atoms with Crippen LogP contribution in [0, 0.1) is 11.8 Å². The number of carbonyl (C=O) groups excluding carboxylic acids is 1. The molecular formula is C17H27NO5. The van der Waals surface area contributed by atoms with Crippen LogP contribution in [0.25, 0.3) is 0 Å². The van der Waals surface area contributed by atoms with Crippen LogP contribution in [-0.4, -0.2) is 48.4 Å². The first kappa shape index (κ1) is 16.7. The Balaban J connectivity index is 1.36. The lowest BCUT2D eigenvalue weighted by Gasteiger charge is -2.50. The van der Waals surface area contributed by atoms with Crippen molar-refractivity contribution in [2.24, 2.45) is 11.8 Å². The second kappa shape index (κ2) is 7.18. The molecule has 6 nitrogen and oxygen atoms in total. The number of hydrogen-bond acceptors (Lipinski definition) is 4. The zero-order valence-corrected chi connectivity index (χ0v) is 13.6. The van der Waals surface area contributed by atoms with Crippen LogP contribution in [0.2, 0.25) is 0 Å². The average Bonchev–Trinajstić information content (AvgIpc) is 2.98. The maximum atomic E-state index is 12.0. The number of carbonyl (C=O) groups is 2. The molecule has 1 heterocycles. The van der Waals surface area contributed by atoms with E-state index in [1.807, 2.05) is 0 Å². The van der Waals surface area contributed by atoms with Crippen molar-refractivity contribution < 1.29 is 24.2 Å². The fourth-order valence-corrected chi connectivity index (χ4v) is 4.21. The van der Waals surface area contributed by atoms with Gasteiger partial charge in [-0.3, -0.25) is 9.59 Å². The van der Waals surface area contributed by atoms with E-state index in [0.717, 1.165) is 6.42 Å². The Labute approximate surface area is 136 Å². The molecule has 1 saturated heterocycles. The summed E-state index contributed by atoms with van der Waals surface area (Å²) in [5.74, 6) is -0.485. The Morgan fingerprint density at radius 2 is 1.91 bits per heavy atom. The predicted octanol–water partition coefficient (Wildman–Crippen LogP) is 1.72. The summed E-state index contributed by atoms with van der Waals surface area (Å²) in [5.41, 5.74) is -0.329. The van der Waals surface area contributed by atoms with E-state index in [1.165, 1.54) is 25.7 Å². The smallest absolute Gasteiger partial charge is 0.306 e. The molecule has 0 bridgehead atoms. The van der Waals surface area contributed by atoms with Crippen LogP contribution in [0.3, 0.4) is 0 Å². The summed E-state index contributed by atoms with van der Waals surface area (Å²) >= 11 is 0. The maximum Gasteiger partial charge on any atom is 0.306 e. The van der Waals surface area contributed by atoms with Crippen LogP contribution in [0.15, 0.2) is 0 Å². The Morgan fingerprint density at radius 3 is 2.61 bits per heavy atom. The summed E-state index contributed by atoms with van der Waals surface area (Å²) in [5, 5.41) is 12.0. The van der Waals surface area contributed by atoms with Gasteiger partial charge in [-0.2, -0.15) is 0 Å². The minimum absolute atomic E-state index is 0.0702. The molecule has 130 valence electrons. The number of amides is 1. The molecule has 0 radical (unpaired) electrons. The summed E-state index contributed by atoms with van der Waals surface area (Å²) in [6, 6.07) is 0.0704. The first-order valence-electron chi connectivity index (χ1n) is 8.80. The number of hydrogen-bond donors (Lipinski definition) is 2. The highest BCUT2D eigenvalue weighted by Gasteiger charge is 2.51. The fourth-order valence-electron chi connectivity index (χ4n) is 4.21. The van der Waals surface area contributed by atoms with Crippen molar-refractivity contribution in [2.75, 3.05) is 19.8 Å². The first-order valence-corrected chi connectivity index (χ1v) is 8.80. The lowest BCUT2D eigenvalue weighted by atomic mass is 9.66. The summed E-state index contributed by atoms with van der Waals surface area (Å²) in [7, 11) is 0. The number of rotatable bonds is 6. The van der Waals surface area contributed by atoms with Gasteiger partial charge < -0.3 is 19.9 Å². The van der Waals surface area contributed by atoms with E-state index in [0.29, 0.717) is 38.4 Å². The summed E-state index contributed by atoms with van der Waals surface area (Å²) in [6.07, 6.45) is 7.62. The molecule has 2 saturated carbocycles. The van der Waals surface area contributed by atoms with E-state index >= 15 is 0 Å². The minimum atomic E-state index is -0.745. The molecule has 2 aliphatic carbocycles. The molecule has 1 unspecified atom stereocenters. The highest BCUT2D eigenvalue weighted by molar-refractivity contribution is 5.77. The monoisotopic (exact) mass is 325 g/mol. The number of carboxylic acid groups (broad SMARTS) is 1. The van der Waals surface area contributed by atoms with Gasteiger partial charge in [0.15, 0.2) is 0 Å². The Bertz CT molecular complexity index is 440. The topological polar surface area (TPSA) is 84.9 Å². The van der Waals surface area contributed by atoms with Crippen molar-refractivity contribution in [3.8, 4) is 0 Å². The van der Waals surface area contributed by atoms with Gasteiger partial charge in [-0.15, -0.1) is 0 Å². The van der Waals surface area contributed by atoms with Gasteiger partial charge >= 0.3 is 5.97 Å². The molecule has 1 amide bonds. The van der Waals surface area contributed by atoms with Gasteiger partial charge in [0.05, 0.1) is 18.1 Å². The Kier molecular flexibility index (Phi) is 5.21.